The van der Waals surface area contributed by atoms with E-state index >= 15 is 0 Å². The van der Waals surface area contributed by atoms with Crippen LogP contribution >= 0.6 is 11.6 Å². The summed E-state index contributed by atoms with van der Waals surface area (Å²) >= 11 is 5.02. The van der Waals surface area contributed by atoms with Crippen molar-refractivity contribution in [3.63, 3.8) is 0 Å². The lowest BCUT2D eigenvalue weighted by Crippen LogP contribution is -2.18. The van der Waals surface area contributed by atoms with E-state index in [-0.39, 0.29) is 0 Å². The molecule has 12 heavy (non-hydrogen) atoms. The standard InChI is InChI=1S/C6H4ClF2NO2/c7-6(9)2-1-4(10(11)12)3-5(6)8/h1,3H,2H2. The second-order valence-electron chi connectivity index (χ2n) is 2.29. The van der Waals surface area contributed by atoms with Gasteiger partial charge in [-0.05, 0) is 6.08 Å². The van der Waals surface area contributed by atoms with Gasteiger partial charge in [-0.3, -0.25) is 10.1 Å². The van der Waals surface area contributed by atoms with E-state index in [1.165, 1.54) is 0 Å². The van der Waals surface area contributed by atoms with Crippen molar-refractivity contribution in [3.05, 3.63) is 33.8 Å². The molecule has 1 aliphatic carbocycles. The molecule has 0 bridgehead atoms. The Kier molecular flexibility index (Phi) is 2.14. The zero-order valence-corrected chi connectivity index (χ0v) is 6.52. The zero-order chi connectivity index (χ0) is 9.35. The Labute approximate surface area is 71.5 Å². The molecule has 66 valence electrons. The molecular formula is C6H4ClF2NO2. The second kappa shape index (κ2) is 2.82. The third-order valence-electron chi connectivity index (χ3n) is 1.40. The van der Waals surface area contributed by atoms with Crippen LogP contribution in [0, 0.1) is 10.1 Å². The van der Waals surface area contributed by atoms with Crippen molar-refractivity contribution in [1.29, 1.82) is 0 Å². The number of halogens is 3. The number of rotatable bonds is 1. The molecule has 0 saturated heterocycles. The molecule has 0 aromatic heterocycles. The number of nitrogens with zero attached hydrogens (tertiary/aromatic N) is 1. The topological polar surface area (TPSA) is 43.1 Å². The van der Waals surface area contributed by atoms with E-state index in [2.05, 4.69) is 0 Å². The molecule has 0 heterocycles. The molecule has 3 nitrogen and oxygen atoms in total. The molecule has 0 fully saturated rings. The first-order valence-corrected chi connectivity index (χ1v) is 3.41. The normalized spacial score (nSPS) is 29.2. The van der Waals surface area contributed by atoms with E-state index in [0.29, 0.717) is 6.08 Å². The van der Waals surface area contributed by atoms with E-state index in [1.807, 2.05) is 0 Å². The van der Waals surface area contributed by atoms with Gasteiger partial charge in [0.15, 0.2) is 5.83 Å². The number of nitro groups is 1. The van der Waals surface area contributed by atoms with E-state index in [4.69, 9.17) is 11.6 Å². The Bertz CT molecular complexity index is 285. The molecule has 0 N–H and O–H groups in total. The molecule has 0 saturated carbocycles. The fourth-order valence-corrected chi connectivity index (χ4v) is 0.884. The van der Waals surface area contributed by atoms with Crippen LogP contribution in [0.1, 0.15) is 6.42 Å². The average Bonchev–Trinajstić information content (AvgIpc) is 1.94. The summed E-state index contributed by atoms with van der Waals surface area (Å²) in [6.07, 6.45) is 0.903. The van der Waals surface area contributed by atoms with Gasteiger partial charge >= 0.3 is 0 Å². The lowest BCUT2D eigenvalue weighted by atomic mass is 10.1. The highest BCUT2D eigenvalue weighted by atomic mass is 35.5. The smallest absolute Gasteiger partial charge is 0.258 e. The third kappa shape index (κ3) is 1.61. The van der Waals surface area contributed by atoms with Crippen LogP contribution in [0.5, 0.6) is 0 Å². The number of hydrogen-bond acceptors (Lipinski definition) is 2. The fourth-order valence-electron chi connectivity index (χ4n) is 0.752. The highest BCUT2D eigenvalue weighted by Crippen LogP contribution is 2.36. The van der Waals surface area contributed by atoms with Crippen molar-refractivity contribution in [2.24, 2.45) is 0 Å². The minimum atomic E-state index is -2.61. The quantitative estimate of drug-likeness (QED) is 0.366. The number of alkyl halides is 2. The summed E-state index contributed by atoms with van der Waals surface area (Å²) in [5.74, 6) is -1.32. The van der Waals surface area contributed by atoms with Gasteiger partial charge in [0.1, 0.15) is 0 Å². The predicted molar refractivity (Wildman–Crippen MR) is 38.6 cm³/mol. The van der Waals surface area contributed by atoms with Crippen LogP contribution in [0.25, 0.3) is 0 Å². The van der Waals surface area contributed by atoms with Gasteiger partial charge in [-0.2, -0.15) is 0 Å². The maximum absolute atomic E-state index is 12.8. The summed E-state index contributed by atoms with van der Waals surface area (Å²) in [4.78, 5) is 9.27. The second-order valence-corrected chi connectivity index (χ2v) is 2.89. The fraction of sp³-hybridized carbons (Fsp3) is 0.333. The lowest BCUT2D eigenvalue weighted by molar-refractivity contribution is -0.419. The minimum absolute atomic E-state index is 0.471. The van der Waals surface area contributed by atoms with E-state index in [0.717, 1.165) is 6.08 Å². The van der Waals surface area contributed by atoms with Crippen molar-refractivity contribution in [1.82, 2.24) is 0 Å². The first-order chi connectivity index (χ1) is 5.43. The molecule has 0 aromatic carbocycles. The van der Waals surface area contributed by atoms with Crippen molar-refractivity contribution in [2.45, 2.75) is 11.5 Å². The van der Waals surface area contributed by atoms with E-state index in [1.54, 1.807) is 0 Å². The van der Waals surface area contributed by atoms with Crippen LogP contribution in [0.2, 0.25) is 0 Å². The van der Waals surface area contributed by atoms with Crippen LogP contribution in [0.3, 0.4) is 0 Å². The Hall–Kier alpha value is -0.970. The summed E-state index contributed by atoms with van der Waals surface area (Å²) < 4.78 is 25.3. The first-order valence-electron chi connectivity index (χ1n) is 3.03. The van der Waals surface area contributed by atoms with Crippen LogP contribution in [0.4, 0.5) is 8.78 Å². The van der Waals surface area contributed by atoms with Crippen molar-refractivity contribution in [2.75, 3.05) is 0 Å². The number of allylic oxidation sites excluding steroid dienone is 3. The summed E-state index contributed by atoms with van der Waals surface area (Å²) in [6.45, 7) is 0. The van der Waals surface area contributed by atoms with Gasteiger partial charge in [-0.25, -0.2) is 8.78 Å². The van der Waals surface area contributed by atoms with Crippen molar-refractivity contribution < 1.29 is 13.7 Å². The summed E-state index contributed by atoms with van der Waals surface area (Å²) in [7, 11) is 0. The zero-order valence-electron chi connectivity index (χ0n) is 5.76. The SMILES string of the molecule is O=[N+]([O-])C1=CCC(F)(Cl)C(F)=C1. The van der Waals surface area contributed by atoms with Crippen LogP contribution < -0.4 is 0 Å². The minimum Gasteiger partial charge on any atom is -0.258 e. The van der Waals surface area contributed by atoms with Gasteiger partial charge in [0.25, 0.3) is 5.70 Å². The van der Waals surface area contributed by atoms with Crippen LogP contribution in [0.15, 0.2) is 23.7 Å². The van der Waals surface area contributed by atoms with Crippen molar-refractivity contribution >= 4 is 11.6 Å². The van der Waals surface area contributed by atoms with E-state index in [9.17, 15) is 18.9 Å². The van der Waals surface area contributed by atoms with Gasteiger partial charge in [-0.15, -0.1) is 0 Å². The molecule has 1 aliphatic rings. The molecule has 6 heteroatoms. The van der Waals surface area contributed by atoms with Gasteiger partial charge < -0.3 is 0 Å². The first kappa shape index (κ1) is 9.12. The Balaban J connectivity index is 2.93. The summed E-state index contributed by atoms with van der Waals surface area (Å²) in [5.41, 5.74) is -0.471. The summed E-state index contributed by atoms with van der Waals surface area (Å²) in [6, 6.07) is 0. The molecule has 0 spiro atoms. The Morgan fingerprint density at radius 1 is 1.75 bits per heavy atom. The summed E-state index contributed by atoms with van der Waals surface area (Å²) in [5, 5.41) is 7.46. The Morgan fingerprint density at radius 2 is 2.33 bits per heavy atom. The highest BCUT2D eigenvalue weighted by molar-refractivity contribution is 6.24. The molecule has 0 aliphatic heterocycles. The molecule has 1 rings (SSSR count). The molecule has 0 aromatic rings. The highest BCUT2D eigenvalue weighted by Gasteiger charge is 2.36. The number of hydrogen-bond donors (Lipinski definition) is 0. The average molecular weight is 196 g/mol. The van der Waals surface area contributed by atoms with Gasteiger partial charge in [-0.1, -0.05) is 11.6 Å². The van der Waals surface area contributed by atoms with E-state index < -0.39 is 28.0 Å². The van der Waals surface area contributed by atoms with Gasteiger partial charge in [0, 0.05) is 6.42 Å². The molecule has 1 unspecified atom stereocenters. The van der Waals surface area contributed by atoms with Crippen LogP contribution in [-0.2, 0) is 0 Å². The monoisotopic (exact) mass is 195 g/mol. The van der Waals surface area contributed by atoms with Gasteiger partial charge in [0.05, 0.1) is 11.0 Å². The third-order valence-corrected chi connectivity index (χ3v) is 1.74. The van der Waals surface area contributed by atoms with Gasteiger partial charge in [0.2, 0.25) is 5.13 Å². The molecule has 0 radical (unpaired) electrons. The molecule has 1 atom stereocenters. The lowest BCUT2D eigenvalue weighted by Gasteiger charge is -2.15. The predicted octanol–water partition coefficient (Wildman–Crippen LogP) is 2.31. The maximum Gasteiger partial charge on any atom is 0.268 e. The maximum atomic E-state index is 12.8. The van der Waals surface area contributed by atoms with Crippen LogP contribution in [-0.4, -0.2) is 10.1 Å². The Morgan fingerprint density at radius 3 is 2.75 bits per heavy atom. The molecular weight excluding hydrogens is 192 g/mol. The van der Waals surface area contributed by atoms with Crippen molar-refractivity contribution in [3.8, 4) is 0 Å². The largest absolute Gasteiger partial charge is 0.268 e. The molecule has 0 amide bonds.